The third kappa shape index (κ3) is 3.37. The van der Waals surface area contributed by atoms with Gasteiger partial charge < -0.3 is 14.7 Å². The van der Waals surface area contributed by atoms with Gasteiger partial charge in [-0.05, 0) is 50.9 Å². The molecule has 6 nitrogen and oxygen atoms in total. The van der Waals surface area contributed by atoms with Crippen LogP contribution in [0.3, 0.4) is 0 Å². The van der Waals surface area contributed by atoms with Gasteiger partial charge in [0.1, 0.15) is 0 Å². The topological polar surface area (TPSA) is 48.4 Å². The molecule has 1 aromatic heterocycles. The van der Waals surface area contributed by atoms with E-state index in [1.807, 2.05) is 0 Å². The lowest BCUT2D eigenvalue weighted by molar-refractivity contribution is 0.247. The smallest absolute Gasteiger partial charge is 0.231 e. The van der Waals surface area contributed by atoms with Crippen LogP contribution in [0.25, 0.3) is 0 Å². The van der Waals surface area contributed by atoms with Crippen molar-refractivity contribution in [2.75, 3.05) is 50.1 Å². The Labute approximate surface area is 131 Å². The van der Waals surface area contributed by atoms with Gasteiger partial charge in [0.2, 0.25) is 17.2 Å². The van der Waals surface area contributed by atoms with Crippen LogP contribution >= 0.6 is 11.6 Å². The van der Waals surface area contributed by atoms with Crippen LogP contribution in [0, 0.1) is 0 Å². The maximum atomic E-state index is 6.11. The molecule has 0 saturated carbocycles. The zero-order chi connectivity index (χ0) is 14.8. The number of piperidine rings is 1. The van der Waals surface area contributed by atoms with Crippen molar-refractivity contribution in [3.63, 3.8) is 0 Å². The van der Waals surface area contributed by atoms with Crippen LogP contribution in [0.4, 0.5) is 11.9 Å². The number of halogens is 1. The van der Waals surface area contributed by atoms with E-state index in [2.05, 4.69) is 43.7 Å². The fourth-order valence-corrected chi connectivity index (χ4v) is 3.32. The number of hydrogen-bond acceptors (Lipinski definition) is 6. The first kappa shape index (κ1) is 14.8. The van der Waals surface area contributed by atoms with Crippen LogP contribution in [0.15, 0.2) is 0 Å². The quantitative estimate of drug-likeness (QED) is 0.846. The summed E-state index contributed by atoms with van der Waals surface area (Å²) in [5.74, 6) is 1.41. The molecule has 0 bridgehead atoms. The van der Waals surface area contributed by atoms with E-state index in [9.17, 15) is 0 Å². The van der Waals surface area contributed by atoms with E-state index in [1.165, 1.54) is 32.2 Å². The second kappa shape index (κ2) is 6.32. The van der Waals surface area contributed by atoms with E-state index >= 15 is 0 Å². The van der Waals surface area contributed by atoms with Crippen LogP contribution in [0.5, 0.6) is 0 Å². The summed E-state index contributed by atoms with van der Waals surface area (Å²) < 4.78 is 0. The summed E-state index contributed by atoms with van der Waals surface area (Å²) in [5, 5.41) is 0.290. The number of nitrogens with zero attached hydrogens (tertiary/aromatic N) is 6. The highest BCUT2D eigenvalue weighted by Gasteiger charge is 2.25. The summed E-state index contributed by atoms with van der Waals surface area (Å²) in [6.45, 7) is 4.23. The molecule has 1 atom stereocenters. The lowest BCUT2D eigenvalue weighted by Crippen LogP contribution is -2.45. The van der Waals surface area contributed by atoms with Gasteiger partial charge in [-0.1, -0.05) is 0 Å². The van der Waals surface area contributed by atoms with Gasteiger partial charge in [-0.3, -0.25) is 0 Å². The summed E-state index contributed by atoms with van der Waals surface area (Å²) in [7, 11) is 4.22. The van der Waals surface area contributed by atoms with Crippen molar-refractivity contribution in [1.29, 1.82) is 0 Å². The first-order valence-corrected chi connectivity index (χ1v) is 8.09. The van der Waals surface area contributed by atoms with Crippen molar-refractivity contribution in [1.82, 2.24) is 19.9 Å². The lowest BCUT2D eigenvalue weighted by atomic mass is 10.1. The second-order valence-electron chi connectivity index (χ2n) is 6.07. The normalized spacial score (nSPS) is 23.6. The third-order valence-corrected chi connectivity index (χ3v) is 4.61. The molecule has 1 unspecified atom stereocenters. The van der Waals surface area contributed by atoms with Crippen LogP contribution < -0.4 is 9.80 Å². The molecule has 0 radical (unpaired) electrons. The average molecular weight is 311 g/mol. The van der Waals surface area contributed by atoms with Gasteiger partial charge in [0.05, 0.1) is 0 Å². The predicted octanol–water partition coefficient (Wildman–Crippen LogP) is 1.66. The van der Waals surface area contributed by atoms with Crippen LogP contribution in [0.1, 0.15) is 25.7 Å². The zero-order valence-corrected chi connectivity index (χ0v) is 13.6. The molecule has 0 aliphatic carbocycles. The Balaban J connectivity index is 1.80. The summed E-state index contributed by atoms with van der Waals surface area (Å²) >= 11 is 6.11. The van der Waals surface area contributed by atoms with Gasteiger partial charge in [0.25, 0.3) is 0 Å². The first-order valence-electron chi connectivity index (χ1n) is 7.71. The molecule has 3 rings (SSSR count). The Morgan fingerprint density at radius 3 is 2.57 bits per heavy atom. The molecule has 7 heteroatoms. The Morgan fingerprint density at radius 2 is 1.86 bits per heavy atom. The van der Waals surface area contributed by atoms with Crippen LogP contribution in [0.2, 0.25) is 5.28 Å². The van der Waals surface area contributed by atoms with E-state index in [-0.39, 0.29) is 5.28 Å². The molecule has 2 fully saturated rings. The number of hydrogen-bond donors (Lipinski definition) is 0. The minimum atomic E-state index is 0.290. The molecule has 116 valence electrons. The zero-order valence-electron chi connectivity index (χ0n) is 12.8. The predicted molar refractivity (Wildman–Crippen MR) is 85.2 cm³/mol. The number of anilines is 2. The fourth-order valence-electron chi connectivity index (χ4n) is 3.16. The van der Waals surface area contributed by atoms with E-state index in [1.54, 1.807) is 0 Å². The molecule has 0 N–H and O–H groups in total. The standard InChI is InChI=1S/C14H23ClN6/c1-19-7-5-6-11(10-19)20(2)13-16-12(15)17-14(18-13)21-8-3-4-9-21/h11H,3-10H2,1-2H3. The highest BCUT2D eigenvalue weighted by molar-refractivity contribution is 6.28. The van der Waals surface area contributed by atoms with Crippen molar-refractivity contribution in [3.05, 3.63) is 5.28 Å². The molecule has 0 spiro atoms. The molecule has 0 amide bonds. The molecule has 2 saturated heterocycles. The molecule has 3 heterocycles. The van der Waals surface area contributed by atoms with Gasteiger partial charge in [0, 0.05) is 32.7 Å². The minimum absolute atomic E-state index is 0.290. The van der Waals surface area contributed by atoms with E-state index < -0.39 is 0 Å². The Morgan fingerprint density at radius 1 is 1.10 bits per heavy atom. The van der Waals surface area contributed by atoms with Crippen molar-refractivity contribution in [2.45, 2.75) is 31.7 Å². The number of likely N-dealkylation sites (N-methyl/N-ethyl adjacent to an activating group) is 2. The molecule has 2 aliphatic heterocycles. The molecule has 2 aliphatic rings. The fraction of sp³-hybridized carbons (Fsp3) is 0.786. The first-order chi connectivity index (χ1) is 10.1. The maximum Gasteiger partial charge on any atom is 0.231 e. The van der Waals surface area contributed by atoms with Gasteiger partial charge >= 0.3 is 0 Å². The second-order valence-corrected chi connectivity index (χ2v) is 6.41. The highest BCUT2D eigenvalue weighted by atomic mass is 35.5. The third-order valence-electron chi connectivity index (χ3n) is 4.44. The maximum absolute atomic E-state index is 6.11. The van der Waals surface area contributed by atoms with Crippen molar-refractivity contribution in [3.8, 4) is 0 Å². The number of likely N-dealkylation sites (tertiary alicyclic amines) is 1. The monoisotopic (exact) mass is 310 g/mol. The van der Waals surface area contributed by atoms with E-state index in [4.69, 9.17) is 11.6 Å². The van der Waals surface area contributed by atoms with Crippen LogP contribution in [-0.2, 0) is 0 Å². The number of rotatable bonds is 3. The summed E-state index contributed by atoms with van der Waals surface area (Å²) in [4.78, 5) is 20.0. The van der Waals surface area contributed by atoms with Gasteiger partial charge in [-0.15, -0.1) is 0 Å². The highest BCUT2D eigenvalue weighted by Crippen LogP contribution is 2.23. The lowest BCUT2D eigenvalue weighted by Gasteiger charge is -2.36. The Hall–Kier alpha value is -1.14. The Bertz CT molecular complexity index is 490. The molecule has 0 aromatic carbocycles. The van der Waals surface area contributed by atoms with Crippen molar-refractivity contribution < 1.29 is 0 Å². The van der Waals surface area contributed by atoms with Crippen molar-refractivity contribution in [2.24, 2.45) is 0 Å². The summed E-state index contributed by atoms with van der Waals surface area (Å²) in [6.07, 6.45) is 4.77. The van der Waals surface area contributed by atoms with Crippen molar-refractivity contribution >= 4 is 23.5 Å². The largest absolute Gasteiger partial charge is 0.341 e. The number of aromatic nitrogens is 3. The Kier molecular flexibility index (Phi) is 4.45. The SMILES string of the molecule is CN1CCCC(N(C)c2nc(Cl)nc(N3CCCC3)n2)C1. The van der Waals surface area contributed by atoms with Gasteiger partial charge in [-0.25, -0.2) is 0 Å². The van der Waals surface area contributed by atoms with E-state index in [0.717, 1.165) is 25.6 Å². The molecular weight excluding hydrogens is 288 g/mol. The summed E-state index contributed by atoms with van der Waals surface area (Å²) in [6, 6.07) is 0.439. The minimum Gasteiger partial charge on any atom is -0.341 e. The van der Waals surface area contributed by atoms with E-state index in [0.29, 0.717) is 12.0 Å². The molecular formula is C14H23ClN6. The summed E-state index contributed by atoms with van der Waals surface area (Å²) in [5.41, 5.74) is 0. The molecule has 21 heavy (non-hydrogen) atoms. The average Bonchev–Trinajstić information content (AvgIpc) is 3.00. The van der Waals surface area contributed by atoms with Crippen LogP contribution in [-0.4, -0.2) is 66.2 Å². The van der Waals surface area contributed by atoms with Gasteiger partial charge in [-0.2, -0.15) is 15.0 Å². The van der Waals surface area contributed by atoms with Gasteiger partial charge in [0.15, 0.2) is 0 Å². The molecule has 1 aromatic rings.